The number of methoxy groups -OCH3 is 1. The van der Waals surface area contributed by atoms with Crippen LogP contribution in [0.15, 0.2) is 23.8 Å². The minimum atomic E-state index is -2.17. The summed E-state index contributed by atoms with van der Waals surface area (Å²) in [7, 11) is -0.947. The van der Waals surface area contributed by atoms with Gasteiger partial charge in [-0.15, -0.1) is 0 Å². The van der Waals surface area contributed by atoms with Crippen LogP contribution < -0.4 is 0 Å². The molecule has 9 nitrogen and oxygen atoms in total. The Labute approximate surface area is 228 Å². The standard InChI is InChI=1S/C28H48O9Si/c1-11-13-23(31)35-25-20(17-24(32)34-8)16-21(36-28(25,33)27(6,7)14-12-15-29)18-22(30)19(2)37-38(9,10)26(3,4)5/h12,14-15,17,19,21-22,25,30,33H,11,13,16,18H2,1-10H3/b14-12+,20-17+/t19-,21+,22-,25+,28-/m1/s1. The number of allylic oxidation sites excluding steroid dienone is 1. The fourth-order valence-corrected chi connectivity index (χ4v) is 5.52. The van der Waals surface area contributed by atoms with E-state index < -0.39 is 55.9 Å². The molecule has 0 aliphatic carbocycles. The lowest BCUT2D eigenvalue weighted by Crippen LogP contribution is -2.62. The van der Waals surface area contributed by atoms with Crippen molar-refractivity contribution in [3.63, 3.8) is 0 Å². The number of carbonyl (C=O) groups is 3. The van der Waals surface area contributed by atoms with E-state index >= 15 is 0 Å². The Morgan fingerprint density at radius 1 is 1.24 bits per heavy atom. The van der Waals surface area contributed by atoms with Gasteiger partial charge in [0.05, 0.1) is 25.4 Å². The molecule has 0 aromatic rings. The molecule has 1 saturated heterocycles. The predicted molar refractivity (Wildman–Crippen MR) is 147 cm³/mol. The van der Waals surface area contributed by atoms with Crippen LogP contribution in [0.1, 0.15) is 74.1 Å². The number of rotatable bonds is 12. The van der Waals surface area contributed by atoms with E-state index in [1.54, 1.807) is 20.8 Å². The van der Waals surface area contributed by atoms with Crippen molar-refractivity contribution < 1.29 is 43.2 Å². The first-order valence-electron chi connectivity index (χ1n) is 13.2. The van der Waals surface area contributed by atoms with Gasteiger partial charge >= 0.3 is 11.9 Å². The quantitative estimate of drug-likeness (QED) is 0.157. The van der Waals surface area contributed by atoms with Gasteiger partial charge in [-0.05, 0) is 49.5 Å². The van der Waals surface area contributed by atoms with Crippen molar-refractivity contribution in [1.82, 2.24) is 0 Å². The summed E-state index contributed by atoms with van der Waals surface area (Å²) in [5.41, 5.74) is -0.953. The minimum Gasteiger partial charge on any atom is -0.466 e. The average molecular weight is 557 g/mol. The van der Waals surface area contributed by atoms with Crippen molar-refractivity contribution in [2.45, 2.75) is 122 Å². The molecule has 1 aliphatic heterocycles. The van der Waals surface area contributed by atoms with Crippen molar-refractivity contribution in [2.75, 3.05) is 7.11 Å². The van der Waals surface area contributed by atoms with Crippen LogP contribution in [0.3, 0.4) is 0 Å². The summed E-state index contributed by atoms with van der Waals surface area (Å²) in [6.07, 6.45) is 1.69. The Balaban J connectivity index is 3.47. The molecule has 218 valence electrons. The van der Waals surface area contributed by atoms with Crippen molar-refractivity contribution in [3.05, 3.63) is 23.8 Å². The van der Waals surface area contributed by atoms with Crippen molar-refractivity contribution in [1.29, 1.82) is 0 Å². The first-order chi connectivity index (χ1) is 17.3. The fourth-order valence-electron chi connectivity index (χ4n) is 4.08. The number of hydrogen-bond acceptors (Lipinski definition) is 9. The molecule has 0 aromatic carbocycles. The third-order valence-corrected chi connectivity index (χ3v) is 12.1. The normalized spacial score (nSPS) is 25.7. The summed E-state index contributed by atoms with van der Waals surface area (Å²) in [4.78, 5) is 35.9. The number of esters is 2. The molecule has 0 radical (unpaired) electrons. The Morgan fingerprint density at radius 3 is 2.34 bits per heavy atom. The molecule has 1 heterocycles. The zero-order chi connectivity index (χ0) is 29.5. The highest BCUT2D eigenvalue weighted by atomic mass is 28.4. The zero-order valence-electron chi connectivity index (χ0n) is 24.7. The first-order valence-corrected chi connectivity index (χ1v) is 16.1. The van der Waals surface area contributed by atoms with Gasteiger partial charge in [0.15, 0.2) is 14.4 Å². The van der Waals surface area contributed by atoms with E-state index in [9.17, 15) is 24.6 Å². The van der Waals surface area contributed by atoms with Crippen LogP contribution >= 0.6 is 0 Å². The highest BCUT2D eigenvalue weighted by Gasteiger charge is 2.57. The largest absolute Gasteiger partial charge is 0.466 e. The molecule has 0 amide bonds. The molecule has 10 heteroatoms. The van der Waals surface area contributed by atoms with Crippen LogP contribution in [0.25, 0.3) is 0 Å². The second kappa shape index (κ2) is 13.5. The summed E-state index contributed by atoms with van der Waals surface area (Å²) >= 11 is 0. The van der Waals surface area contributed by atoms with Gasteiger partial charge in [0.2, 0.25) is 5.79 Å². The molecule has 0 unspecified atom stereocenters. The number of aliphatic hydroxyl groups excluding tert-OH is 1. The van der Waals surface area contributed by atoms with Gasteiger partial charge in [-0.1, -0.05) is 47.6 Å². The first kappa shape index (κ1) is 34.2. The smallest absolute Gasteiger partial charge is 0.330 e. The Bertz CT molecular complexity index is 887. The van der Waals surface area contributed by atoms with E-state index in [4.69, 9.17) is 18.6 Å². The van der Waals surface area contributed by atoms with Crippen LogP contribution in [-0.4, -0.2) is 74.1 Å². The number of aldehydes is 1. The van der Waals surface area contributed by atoms with E-state index in [-0.39, 0.29) is 29.9 Å². The van der Waals surface area contributed by atoms with E-state index in [1.165, 1.54) is 25.3 Å². The van der Waals surface area contributed by atoms with Crippen LogP contribution in [0.2, 0.25) is 18.1 Å². The van der Waals surface area contributed by atoms with E-state index in [2.05, 4.69) is 33.9 Å². The van der Waals surface area contributed by atoms with Gasteiger partial charge < -0.3 is 28.8 Å². The van der Waals surface area contributed by atoms with Gasteiger partial charge in [0, 0.05) is 24.3 Å². The van der Waals surface area contributed by atoms with Crippen LogP contribution in [0, 0.1) is 5.41 Å². The maximum atomic E-state index is 12.5. The van der Waals surface area contributed by atoms with Gasteiger partial charge in [0.1, 0.15) is 6.29 Å². The third kappa shape index (κ3) is 8.57. The maximum absolute atomic E-state index is 12.5. The average Bonchev–Trinajstić information content (AvgIpc) is 2.78. The number of hydrogen-bond donors (Lipinski definition) is 2. The zero-order valence-corrected chi connectivity index (χ0v) is 25.7. The second-order valence-corrected chi connectivity index (χ2v) is 16.9. The topological polar surface area (TPSA) is 129 Å². The Morgan fingerprint density at radius 2 is 1.84 bits per heavy atom. The van der Waals surface area contributed by atoms with E-state index in [1.807, 2.05) is 6.92 Å². The molecule has 2 N–H and O–H groups in total. The van der Waals surface area contributed by atoms with Crippen molar-refractivity contribution >= 4 is 26.5 Å². The number of aliphatic hydroxyl groups is 2. The lowest BCUT2D eigenvalue weighted by Gasteiger charge is -2.51. The molecule has 0 aromatic heterocycles. The highest BCUT2D eigenvalue weighted by Crippen LogP contribution is 2.46. The van der Waals surface area contributed by atoms with Crippen molar-refractivity contribution in [2.24, 2.45) is 5.41 Å². The SMILES string of the molecule is CCCC(=O)O[C@H]1/C(=C/C(=O)OC)C[C@@H](C[C@@H](O)[C@@H](C)O[Si](C)(C)C(C)(C)C)O[C@@]1(O)C(C)(C)/C=C/C=O. The minimum absolute atomic E-state index is 0.0521. The summed E-state index contributed by atoms with van der Waals surface area (Å²) in [5, 5.41) is 23.0. The molecule has 1 fully saturated rings. The maximum Gasteiger partial charge on any atom is 0.330 e. The molecule has 38 heavy (non-hydrogen) atoms. The predicted octanol–water partition coefficient (Wildman–Crippen LogP) is 4.22. The summed E-state index contributed by atoms with van der Waals surface area (Å²) in [5.74, 6) is -3.42. The lowest BCUT2D eigenvalue weighted by molar-refractivity contribution is -0.327. The molecule has 0 bridgehead atoms. The van der Waals surface area contributed by atoms with Crippen LogP contribution in [0.4, 0.5) is 0 Å². The lowest BCUT2D eigenvalue weighted by atomic mass is 9.74. The summed E-state index contributed by atoms with van der Waals surface area (Å²) < 4.78 is 23.0. The Kier molecular flexibility index (Phi) is 12.1. The Hall–Kier alpha value is -1.85. The van der Waals surface area contributed by atoms with Crippen LogP contribution in [0.5, 0.6) is 0 Å². The molecule has 0 saturated carbocycles. The van der Waals surface area contributed by atoms with E-state index in [0.717, 1.165) is 0 Å². The third-order valence-electron chi connectivity index (χ3n) is 7.56. The van der Waals surface area contributed by atoms with Crippen molar-refractivity contribution in [3.8, 4) is 0 Å². The second-order valence-electron chi connectivity index (χ2n) is 12.1. The fraction of sp³-hybridized carbons (Fsp3) is 0.750. The monoisotopic (exact) mass is 556 g/mol. The molecular weight excluding hydrogens is 508 g/mol. The molecule has 5 atom stereocenters. The summed E-state index contributed by atoms with van der Waals surface area (Å²) in [6.45, 7) is 17.4. The van der Waals surface area contributed by atoms with Crippen LogP contribution in [-0.2, 0) is 33.0 Å². The molecule has 1 aliphatic rings. The number of carbonyl (C=O) groups excluding carboxylic acids is 3. The van der Waals surface area contributed by atoms with Gasteiger partial charge in [-0.2, -0.15) is 0 Å². The van der Waals surface area contributed by atoms with Gasteiger partial charge in [0.25, 0.3) is 0 Å². The summed E-state index contributed by atoms with van der Waals surface area (Å²) in [6, 6.07) is 0. The molecule has 0 spiro atoms. The molecular formula is C28H48O9Si. The molecule has 1 rings (SSSR count). The van der Waals surface area contributed by atoms with Gasteiger partial charge in [-0.3, -0.25) is 9.59 Å². The van der Waals surface area contributed by atoms with E-state index in [0.29, 0.717) is 12.7 Å². The van der Waals surface area contributed by atoms with Gasteiger partial charge in [-0.25, -0.2) is 4.79 Å². The highest BCUT2D eigenvalue weighted by molar-refractivity contribution is 6.74. The number of ether oxygens (including phenoxy) is 3.